The number of hydrogen-bond acceptors (Lipinski definition) is 4. The number of nitrogens with zero attached hydrogens (tertiary/aromatic N) is 4. The number of aryl methyl sites for hydroxylation is 1. The molecule has 1 heterocycles. The SMILES string of the molecule is CCCCc1ccc(NC(=O)OCc2ccccc2)nc1.[N-]=[N+]=NP(=O)(c1ccccc1)c1ccccc1. The Hall–Kier alpha value is -4.38. The summed E-state index contributed by atoms with van der Waals surface area (Å²) in [4.78, 5) is 22.1. The molecular formula is C29H30N5O3P. The van der Waals surface area contributed by atoms with E-state index < -0.39 is 13.4 Å². The Morgan fingerprint density at radius 3 is 1.97 bits per heavy atom. The van der Waals surface area contributed by atoms with E-state index in [0.717, 1.165) is 24.8 Å². The van der Waals surface area contributed by atoms with Crippen molar-refractivity contribution in [2.75, 3.05) is 5.32 Å². The summed E-state index contributed by atoms with van der Waals surface area (Å²) in [6.45, 7) is 2.41. The lowest BCUT2D eigenvalue weighted by atomic mass is 10.1. The van der Waals surface area contributed by atoms with Crippen molar-refractivity contribution in [3.63, 3.8) is 0 Å². The van der Waals surface area contributed by atoms with E-state index in [0.29, 0.717) is 16.4 Å². The number of aromatic nitrogens is 1. The molecule has 4 rings (SSSR count). The highest BCUT2D eigenvalue weighted by atomic mass is 31.2. The summed E-state index contributed by atoms with van der Waals surface area (Å²) >= 11 is 0. The summed E-state index contributed by atoms with van der Waals surface area (Å²) in [7, 11) is -3.22. The van der Waals surface area contributed by atoms with Crippen molar-refractivity contribution in [3.05, 3.63) is 131 Å². The molecule has 0 aliphatic carbocycles. The van der Waals surface area contributed by atoms with Crippen molar-refractivity contribution in [3.8, 4) is 0 Å². The molecule has 0 atom stereocenters. The molecule has 0 unspecified atom stereocenters. The number of carbonyl (C=O) groups is 1. The maximum atomic E-state index is 12.8. The molecule has 0 aliphatic heterocycles. The zero-order valence-electron chi connectivity index (χ0n) is 21.2. The molecule has 0 saturated heterocycles. The molecule has 194 valence electrons. The first kappa shape index (κ1) is 28.2. The van der Waals surface area contributed by atoms with E-state index in [2.05, 4.69) is 27.0 Å². The molecule has 0 spiro atoms. The van der Waals surface area contributed by atoms with Gasteiger partial charge in [0.05, 0.1) is 0 Å². The van der Waals surface area contributed by atoms with Gasteiger partial charge in [0.25, 0.3) is 0 Å². The highest BCUT2D eigenvalue weighted by molar-refractivity contribution is 7.77. The number of anilines is 1. The average molecular weight is 528 g/mol. The Bertz CT molecular complexity index is 1320. The van der Waals surface area contributed by atoms with Crippen molar-refractivity contribution in [2.45, 2.75) is 32.8 Å². The highest BCUT2D eigenvalue weighted by Gasteiger charge is 2.25. The van der Waals surface area contributed by atoms with Gasteiger partial charge in [-0.2, -0.15) is 0 Å². The second-order valence-corrected chi connectivity index (χ2v) is 10.6. The van der Waals surface area contributed by atoms with E-state index in [9.17, 15) is 9.36 Å². The van der Waals surface area contributed by atoms with Gasteiger partial charge in [-0.25, -0.2) is 9.78 Å². The maximum absolute atomic E-state index is 12.8. The molecule has 0 bridgehead atoms. The van der Waals surface area contributed by atoms with E-state index >= 15 is 0 Å². The molecule has 3 aromatic carbocycles. The molecular weight excluding hydrogens is 497 g/mol. The van der Waals surface area contributed by atoms with Crippen LogP contribution >= 0.6 is 7.29 Å². The molecule has 1 N–H and O–H groups in total. The van der Waals surface area contributed by atoms with Crippen molar-refractivity contribution in [1.29, 1.82) is 0 Å². The smallest absolute Gasteiger partial charge is 0.413 e. The Kier molecular flexibility index (Phi) is 11.1. The fourth-order valence-corrected chi connectivity index (χ4v) is 5.23. The van der Waals surface area contributed by atoms with Gasteiger partial charge < -0.3 is 9.30 Å². The number of pyridine rings is 1. The molecule has 0 fully saturated rings. The number of amides is 1. The number of hydrogen-bond donors (Lipinski definition) is 1. The van der Waals surface area contributed by atoms with Crippen LogP contribution in [-0.4, -0.2) is 11.1 Å². The fourth-order valence-electron chi connectivity index (χ4n) is 3.46. The molecule has 0 aliphatic rings. The summed E-state index contributed by atoms with van der Waals surface area (Å²) in [5.41, 5.74) is 10.7. The van der Waals surface area contributed by atoms with Gasteiger partial charge in [0.2, 0.25) is 7.29 Å². The van der Waals surface area contributed by atoms with E-state index in [-0.39, 0.29) is 6.61 Å². The molecule has 38 heavy (non-hydrogen) atoms. The summed E-state index contributed by atoms with van der Waals surface area (Å²) in [6.07, 6.45) is 4.62. The number of azide groups is 1. The summed E-state index contributed by atoms with van der Waals surface area (Å²) in [5, 5.41) is 3.71. The first-order valence-electron chi connectivity index (χ1n) is 12.3. The van der Waals surface area contributed by atoms with Gasteiger partial charge in [0, 0.05) is 21.7 Å². The van der Waals surface area contributed by atoms with Crippen LogP contribution in [0.5, 0.6) is 0 Å². The van der Waals surface area contributed by atoms with Crippen LogP contribution in [-0.2, 0) is 22.3 Å². The van der Waals surface area contributed by atoms with Crippen LogP contribution in [0.25, 0.3) is 10.4 Å². The summed E-state index contributed by atoms with van der Waals surface area (Å²) in [6, 6.07) is 30.9. The number of unbranched alkanes of at least 4 members (excludes halogenated alkanes) is 1. The standard InChI is InChI=1S/C17H20N2O2.C12H10N3OP/c1-2-3-7-14-10-11-16(18-12-14)19-17(20)21-13-15-8-5-4-6-9-15;13-14-15-17(16,11-7-3-1-4-8-11)12-9-5-2-6-10-12/h4-6,8-12H,2-3,7,13H2,1H3,(H,18,19,20);1-10H. The maximum Gasteiger partial charge on any atom is 0.413 e. The normalized spacial score (nSPS) is 10.3. The molecule has 0 saturated carbocycles. The quantitative estimate of drug-likeness (QED) is 0.106. The number of benzene rings is 3. The van der Waals surface area contributed by atoms with Crippen LogP contribution in [0.2, 0.25) is 0 Å². The number of rotatable bonds is 9. The Morgan fingerprint density at radius 1 is 0.895 bits per heavy atom. The van der Waals surface area contributed by atoms with Gasteiger partial charge in [-0.15, -0.1) is 0 Å². The third-order valence-corrected chi connectivity index (χ3v) is 7.79. The van der Waals surface area contributed by atoms with E-state index in [4.69, 9.17) is 10.3 Å². The minimum absolute atomic E-state index is 0.251. The summed E-state index contributed by atoms with van der Waals surface area (Å²) in [5.74, 6) is 0.508. The first-order valence-corrected chi connectivity index (χ1v) is 13.9. The third-order valence-electron chi connectivity index (χ3n) is 5.46. The zero-order valence-corrected chi connectivity index (χ0v) is 22.1. The lowest BCUT2D eigenvalue weighted by Gasteiger charge is -2.12. The Balaban J connectivity index is 0.000000215. The zero-order chi connectivity index (χ0) is 27.1. The highest BCUT2D eigenvalue weighted by Crippen LogP contribution is 2.44. The predicted octanol–water partition coefficient (Wildman–Crippen LogP) is 7.40. The van der Waals surface area contributed by atoms with Crippen LogP contribution in [0, 0.1) is 0 Å². The Labute approximate surface area is 222 Å². The summed E-state index contributed by atoms with van der Waals surface area (Å²) < 4.78 is 17.9. The molecule has 8 nitrogen and oxygen atoms in total. The third kappa shape index (κ3) is 8.63. The molecule has 9 heteroatoms. The van der Waals surface area contributed by atoms with Gasteiger partial charge in [0.1, 0.15) is 12.4 Å². The largest absolute Gasteiger partial charge is 0.444 e. The number of carbonyl (C=O) groups excluding carboxylic acids is 1. The van der Waals surface area contributed by atoms with Gasteiger partial charge in [0.15, 0.2) is 0 Å². The topological polar surface area (TPSA) is 117 Å². The van der Waals surface area contributed by atoms with Crippen LogP contribution in [0.4, 0.5) is 10.6 Å². The van der Waals surface area contributed by atoms with Crippen molar-refractivity contribution in [2.24, 2.45) is 4.88 Å². The minimum Gasteiger partial charge on any atom is -0.444 e. The van der Waals surface area contributed by atoms with Gasteiger partial charge in [-0.1, -0.05) is 110 Å². The van der Waals surface area contributed by atoms with Gasteiger partial charge in [-0.3, -0.25) is 5.32 Å². The predicted molar refractivity (Wildman–Crippen MR) is 152 cm³/mol. The van der Waals surface area contributed by atoms with Gasteiger partial charge >= 0.3 is 6.09 Å². The van der Waals surface area contributed by atoms with Crippen molar-refractivity contribution < 1.29 is 14.1 Å². The van der Waals surface area contributed by atoms with Crippen LogP contribution in [0.1, 0.15) is 30.9 Å². The first-order chi connectivity index (χ1) is 18.5. The molecule has 0 radical (unpaired) electrons. The lowest BCUT2D eigenvalue weighted by Crippen LogP contribution is -2.14. The number of nitrogens with one attached hydrogen (secondary N) is 1. The number of ether oxygens (including phenoxy) is 1. The minimum atomic E-state index is -3.22. The molecule has 1 aromatic heterocycles. The molecule has 4 aromatic rings. The van der Waals surface area contributed by atoms with Crippen LogP contribution in [0.3, 0.4) is 0 Å². The van der Waals surface area contributed by atoms with Crippen LogP contribution < -0.4 is 15.9 Å². The van der Waals surface area contributed by atoms with Crippen molar-refractivity contribution >= 4 is 29.8 Å². The van der Waals surface area contributed by atoms with Crippen molar-refractivity contribution in [1.82, 2.24) is 4.98 Å². The second-order valence-electron chi connectivity index (χ2n) is 8.27. The van der Waals surface area contributed by atoms with Gasteiger partial charge in [-0.05, 0) is 40.5 Å². The monoisotopic (exact) mass is 527 g/mol. The second kappa shape index (κ2) is 15.0. The lowest BCUT2D eigenvalue weighted by molar-refractivity contribution is 0.155. The van der Waals surface area contributed by atoms with E-state index in [1.54, 1.807) is 60.8 Å². The van der Waals surface area contributed by atoms with E-state index in [1.807, 2.05) is 48.5 Å². The fraction of sp³-hybridized carbons (Fsp3) is 0.172. The molecule has 1 amide bonds. The van der Waals surface area contributed by atoms with E-state index in [1.165, 1.54) is 5.56 Å². The Morgan fingerprint density at radius 2 is 1.47 bits per heavy atom. The average Bonchev–Trinajstić information content (AvgIpc) is 2.97. The van der Waals surface area contributed by atoms with Crippen LogP contribution in [0.15, 0.2) is 114 Å².